The summed E-state index contributed by atoms with van der Waals surface area (Å²) in [6, 6.07) is 1.97. The smallest absolute Gasteiger partial charge is 0.227 e. The Bertz CT molecular complexity index is 752. The molecule has 1 aliphatic rings. The Hall–Kier alpha value is -1.97. The summed E-state index contributed by atoms with van der Waals surface area (Å²) >= 11 is 1.57. The van der Waals surface area contributed by atoms with Gasteiger partial charge in [0.05, 0.1) is 0 Å². The predicted molar refractivity (Wildman–Crippen MR) is 109 cm³/mol. The van der Waals surface area contributed by atoms with E-state index in [9.17, 15) is 9.59 Å². The highest BCUT2D eigenvalue weighted by Crippen LogP contribution is 2.20. The maximum Gasteiger partial charge on any atom is 0.227 e. The molecule has 2 aromatic rings. The molecule has 1 aliphatic heterocycles. The number of aryl methyl sites for hydroxylation is 1. The van der Waals surface area contributed by atoms with Crippen LogP contribution in [-0.2, 0) is 16.0 Å². The zero-order valence-corrected chi connectivity index (χ0v) is 17.3. The molecule has 28 heavy (non-hydrogen) atoms. The van der Waals surface area contributed by atoms with Crippen molar-refractivity contribution in [3.05, 3.63) is 22.7 Å². The second kappa shape index (κ2) is 11.1. The van der Waals surface area contributed by atoms with Crippen molar-refractivity contribution in [2.45, 2.75) is 44.6 Å². The number of likely N-dealkylation sites (tertiary alicyclic amines) is 1. The third-order valence-electron chi connectivity index (χ3n) is 4.65. The number of nitrogens with one attached hydrogen (secondary N) is 1. The first-order valence-electron chi connectivity index (χ1n) is 9.28. The van der Waals surface area contributed by atoms with Crippen LogP contribution in [0.1, 0.15) is 38.0 Å². The number of rotatable bonds is 8. The molecule has 1 unspecified atom stereocenters. The van der Waals surface area contributed by atoms with Crippen LogP contribution >= 0.6 is 23.7 Å². The largest absolute Gasteiger partial charge is 0.354 e. The molecule has 1 fully saturated rings. The van der Waals surface area contributed by atoms with E-state index in [1.165, 1.54) is 0 Å². The summed E-state index contributed by atoms with van der Waals surface area (Å²) < 4.78 is 5.26. The molecule has 2 aromatic heterocycles. The highest BCUT2D eigenvalue weighted by atomic mass is 35.5. The summed E-state index contributed by atoms with van der Waals surface area (Å²) in [6.07, 6.45) is 4.00. The van der Waals surface area contributed by atoms with Gasteiger partial charge in [0.1, 0.15) is 0 Å². The lowest BCUT2D eigenvalue weighted by Gasteiger charge is -2.36. The highest BCUT2D eigenvalue weighted by Gasteiger charge is 2.27. The van der Waals surface area contributed by atoms with Gasteiger partial charge in [-0.3, -0.25) is 9.59 Å². The topological polar surface area (TPSA) is 114 Å². The van der Waals surface area contributed by atoms with Gasteiger partial charge in [0.2, 0.25) is 23.5 Å². The first-order valence-corrected chi connectivity index (χ1v) is 10.2. The third-order valence-corrected chi connectivity index (χ3v) is 5.34. The molecular weight excluding hydrogens is 402 g/mol. The molecule has 3 N–H and O–H groups in total. The zero-order chi connectivity index (χ0) is 19.1. The molecule has 8 nitrogen and oxygen atoms in total. The van der Waals surface area contributed by atoms with Crippen molar-refractivity contribution in [2.24, 2.45) is 5.73 Å². The molecule has 3 heterocycles. The molecule has 1 atom stereocenters. The van der Waals surface area contributed by atoms with Gasteiger partial charge in [-0.25, -0.2) is 0 Å². The molecule has 0 spiro atoms. The zero-order valence-electron chi connectivity index (χ0n) is 15.6. The second-order valence-corrected chi connectivity index (χ2v) is 7.38. The standard InChI is InChI=1S/C18H25N5O3S.ClH/c19-8-6-15(24)20-11-14-3-1-2-9-23(14)17(25)5-4-16-21-18(22-26-16)13-7-10-27-12-13;/h7,10,12,14H,1-6,8-9,11,19H2,(H,20,24);1H. The van der Waals surface area contributed by atoms with Gasteiger partial charge in [-0.1, -0.05) is 5.16 Å². The number of amides is 2. The van der Waals surface area contributed by atoms with Crippen molar-refractivity contribution in [2.75, 3.05) is 19.6 Å². The Morgan fingerprint density at radius 2 is 2.21 bits per heavy atom. The molecule has 0 aromatic carbocycles. The number of halogens is 1. The normalized spacial score (nSPS) is 16.5. The van der Waals surface area contributed by atoms with Crippen LogP contribution in [0.4, 0.5) is 0 Å². The molecular formula is C18H26ClN5O3S. The maximum absolute atomic E-state index is 12.7. The van der Waals surface area contributed by atoms with Crippen LogP contribution in [0.5, 0.6) is 0 Å². The Balaban J connectivity index is 0.00000280. The molecule has 1 saturated heterocycles. The van der Waals surface area contributed by atoms with Crippen LogP contribution in [0, 0.1) is 0 Å². The quantitative estimate of drug-likeness (QED) is 0.665. The Kier molecular flexibility index (Phi) is 8.88. The fourth-order valence-electron chi connectivity index (χ4n) is 3.22. The minimum absolute atomic E-state index is 0. The first-order chi connectivity index (χ1) is 13.2. The molecule has 0 bridgehead atoms. The van der Waals surface area contributed by atoms with Crippen molar-refractivity contribution in [3.63, 3.8) is 0 Å². The molecule has 0 radical (unpaired) electrons. The van der Waals surface area contributed by atoms with Crippen LogP contribution in [0.3, 0.4) is 0 Å². The number of thiophene rings is 1. The van der Waals surface area contributed by atoms with Gasteiger partial charge < -0.3 is 20.5 Å². The van der Waals surface area contributed by atoms with Gasteiger partial charge in [-0.05, 0) is 30.7 Å². The fraction of sp³-hybridized carbons (Fsp3) is 0.556. The number of hydrogen-bond acceptors (Lipinski definition) is 7. The van der Waals surface area contributed by atoms with Gasteiger partial charge >= 0.3 is 0 Å². The van der Waals surface area contributed by atoms with Crippen LogP contribution in [-0.4, -0.2) is 52.5 Å². The Morgan fingerprint density at radius 1 is 1.36 bits per heavy atom. The lowest BCUT2D eigenvalue weighted by atomic mass is 10.0. The molecule has 3 rings (SSSR count). The van der Waals surface area contributed by atoms with E-state index < -0.39 is 0 Å². The summed E-state index contributed by atoms with van der Waals surface area (Å²) in [5.74, 6) is 1.01. The van der Waals surface area contributed by atoms with Crippen molar-refractivity contribution >= 4 is 35.6 Å². The van der Waals surface area contributed by atoms with Crippen molar-refractivity contribution in [1.29, 1.82) is 0 Å². The molecule has 154 valence electrons. The van der Waals surface area contributed by atoms with E-state index in [4.69, 9.17) is 10.3 Å². The van der Waals surface area contributed by atoms with Gasteiger partial charge in [0.15, 0.2) is 0 Å². The minimum atomic E-state index is -0.0673. The number of nitrogens with zero attached hydrogens (tertiary/aromatic N) is 3. The third kappa shape index (κ3) is 6.02. The average molecular weight is 428 g/mol. The van der Waals surface area contributed by atoms with Crippen LogP contribution in [0.2, 0.25) is 0 Å². The van der Waals surface area contributed by atoms with Crippen molar-refractivity contribution < 1.29 is 14.1 Å². The number of carbonyl (C=O) groups is 2. The van der Waals surface area contributed by atoms with Crippen molar-refractivity contribution in [1.82, 2.24) is 20.4 Å². The van der Waals surface area contributed by atoms with Gasteiger partial charge in [-0.2, -0.15) is 16.3 Å². The first kappa shape index (κ1) is 22.3. The van der Waals surface area contributed by atoms with E-state index in [0.29, 0.717) is 44.1 Å². The van der Waals surface area contributed by atoms with E-state index in [1.54, 1.807) is 11.3 Å². The predicted octanol–water partition coefficient (Wildman–Crippen LogP) is 2.00. The summed E-state index contributed by atoms with van der Waals surface area (Å²) in [5, 5.41) is 10.8. The fourth-order valence-corrected chi connectivity index (χ4v) is 3.85. The van der Waals surface area contributed by atoms with E-state index in [1.807, 2.05) is 21.7 Å². The van der Waals surface area contributed by atoms with Gasteiger partial charge in [0.25, 0.3) is 0 Å². The van der Waals surface area contributed by atoms with E-state index in [0.717, 1.165) is 31.4 Å². The van der Waals surface area contributed by atoms with Crippen molar-refractivity contribution in [3.8, 4) is 11.4 Å². The summed E-state index contributed by atoms with van der Waals surface area (Å²) in [5.41, 5.74) is 6.32. The van der Waals surface area contributed by atoms with Crippen LogP contribution in [0.25, 0.3) is 11.4 Å². The van der Waals surface area contributed by atoms with Gasteiger partial charge in [-0.15, -0.1) is 12.4 Å². The lowest BCUT2D eigenvalue weighted by molar-refractivity contribution is -0.135. The minimum Gasteiger partial charge on any atom is -0.354 e. The molecule has 0 saturated carbocycles. The number of nitrogens with two attached hydrogens (primary N) is 1. The number of aromatic nitrogens is 2. The van der Waals surface area contributed by atoms with Crippen LogP contribution < -0.4 is 11.1 Å². The SMILES string of the molecule is Cl.NCCC(=O)NCC1CCCCN1C(=O)CCc1nc(-c2ccsc2)no1. The summed E-state index contributed by atoms with van der Waals surface area (Å²) in [6.45, 7) is 1.53. The average Bonchev–Trinajstić information content (AvgIpc) is 3.36. The van der Waals surface area contributed by atoms with Gasteiger partial charge in [0, 0.05) is 55.9 Å². The maximum atomic E-state index is 12.7. The molecule has 10 heteroatoms. The number of hydrogen-bond donors (Lipinski definition) is 2. The van der Waals surface area contributed by atoms with E-state index in [2.05, 4.69) is 15.5 Å². The second-order valence-electron chi connectivity index (χ2n) is 6.60. The monoisotopic (exact) mass is 427 g/mol. The van der Waals surface area contributed by atoms with E-state index >= 15 is 0 Å². The van der Waals surface area contributed by atoms with Crippen LogP contribution in [0.15, 0.2) is 21.3 Å². The Labute approximate surface area is 174 Å². The number of carbonyl (C=O) groups excluding carboxylic acids is 2. The highest BCUT2D eigenvalue weighted by molar-refractivity contribution is 7.08. The van der Waals surface area contributed by atoms with E-state index in [-0.39, 0.29) is 30.3 Å². The number of piperidine rings is 1. The summed E-state index contributed by atoms with van der Waals surface area (Å²) in [7, 11) is 0. The Morgan fingerprint density at radius 3 is 2.96 bits per heavy atom. The molecule has 2 amide bonds. The molecule has 0 aliphatic carbocycles. The lowest BCUT2D eigenvalue weighted by Crippen LogP contribution is -2.49. The summed E-state index contributed by atoms with van der Waals surface area (Å²) in [4.78, 5) is 30.6.